The number of esters is 1. The van der Waals surface area contributed by atoms with E-state index in [-0.39, 0.29) is 5.15 Å². The molecule has 0 atom stereocenters. The van der Waals surface area contributed by atoms with Gasteiger partial charge in [-0.3, -0.25) is 0 Å². The van der Waals surface area contributed by atoms with E-state index in [1.54, 1.807) is 0 Å². The van der Waals surface area contributed by atoms with E-state index in [0.717, 1.165) is 15.7 Å². The van der Waals surface area contributed by atoms with E-state index in [1.165, 1.54) is 30.2 Å². The third-order valence-corrected chi connectivity index (χ3v) is 5.10. The summed E-state index contributed by atoms with van der Waals surface area (Å²) < 4.78 is 5.37. The van der Waals surface area contributed by atoms with Gasteiger partial charge in [0.15, 0.2) is 14.4 Å². The number of methoxy groups -OCH3 is 1. The second-order valence-corrected chi connectivity index (χ2v) is 6.52. The molecule has 0 radical (unpaired) electrons. The molecule has 0 amide bonds. The summed E-state index contributed by atoms with van der Waals surface area (Å²) in [6.45, 7) is 0. The van der Waals surface area contributed by atoms with Crippen LogP contribution in [0.2, 0.25) is 10.2 Å². The van der Waals surface area contributed by atoms with Crippen molar-refractivity contribution in [1.82, 2.24) is 4.98 Å². The second kappa shape index (κ2) is 6.61. The highest BCUT2D eigenvalue weighted by Gasteiger charge is 2.17. The van der Waals surface area contributed by atoms with Crippen molar-refractivity contribution in [2.45, 2.75) is 10.1 Å². The van der Waals surface area contributed by atoms with Crippen molar-refractivity contribution in [3.8, 4) is 0 Å². The van der Waals surface area contributed by atoms with Gasteiger partial charge in [0.2, 0.25) is 0 Å². The first kappa shape index (κ1) is 14.7. The number of hydrogen-bond donors (Lipinski definition) is 0. The van der Waals surface area contributed by atoms with Gasteiger partial charge in [-0.1, -0.05) is 58.4 Å². The quantitative estimate of drug-likeness (QED) is 0.608. The largest absolute Gasteiger partial charge is 0.465 e. The molecule has 0 unspecified atom stereocenters. The topological polar surface area (TPSA) is 39.2 Å². The fraction of sp³-hybridized carbons (Fsp3) is 0.167. The Kier molecular flexibility index (Phi) is 5.10. The minimum absolute atomic E-state index is 0.190. The van der Waals surface area contributed by atoms with Crippen LogP contribution in [0.1, 0.15) is 15.2 Å². The van der Waals surface area contributed by atoms with E-state index in [1.807, 2.05) is 24.3 Å². The Hall–Kier alpha value is -0.750. The van der Waals surface area contributed by atoms with Crippen molar-refractivity contribution in [1.29, 1.82) is 0 Å². The highest BCUT2D eigenvalue weighted by Crippen LogP contribution is 2.32. The number of thioether (sulfide) groups is 1. The van der Waals surface area contributed by atoms with Gasteiger partial charge in [-0.15, -0.1) is 0 Å². The molecule has 7 heteroatoms. The van der Waals surface area contributed by atoms with E-state index in [9.17, 15) is 4.79 Å². The Labute approximate surface area is 128 Å². The Morgan fingerprint density at radius 1 is 1.37 bits per heavy atom. The molecule has 2 aromatic rings. The standard InChI is InChI=1S/C12H9Cl2NO2S2/c1-17-11(16)9-10(14)15-12(19-9)18-6-7-2-4-8(13)5-3-7/h2-5H,6H2,1H3. The van der Waals surface area contributed by atoms with Gasteiger partial charge in [0.1, 0.15) is 0 Å². The van der Waals surface area contributed by atoms with Gasteiger partial charge in [-0.2, -0.15) is 0 Å². The van der Waals surface area contributed by atoms with E-state index in [0.29, 0.717) is 9.90 Å². The zero-order chi connectivity index (χ0) is 13.8. The lowest BCUT2D eigenvalue weighted by Crippen LogP contribution is -1.98. The lowest BCUT2D eigenvalue weighted by atomic mass is 10.2. The fourth-order valence-corrected chi connectivity index (χ4v) is 3.70. The zero-order valence-electron chi connectivity index (χ0n) is 9.85. The van der Waals surface area contributed by atoms with Crippen LogP contribution in [0.15, 0.2) is 28.6 Å². The number of aromatic nitrogens is 1. The number of ether oxygens (including phenoxy) is 1. The summed E-state index contributed by atoms with van der Waals surface area (Å²) in [6.07, 6.45) is 0. The second-order valence-electron chi connectivity index (χ2n) is 3.51. The van der Waals surface area contributed by atoms with E-state index in [2.05, 4.69) is 9.72 Å². The van der Waals surface area contributed by atoms with Gasteiger partial charge in [-0.25, -0.2) is 9.78 Å². The molecule has 0 fully saturated rings. The van der Waals surface area contributed by atoms with E-state index >= 15 is 0 Å². The smallest absolute Gasteiger partial charge is 0.351 e. The first-order valence-corrected chi connectivity index (χ1v) is 7.78. The molecule has 0 bridgehead atoms. The molecule has 2 rings (SSSR count). The van der Waals surface area contributed by atoms with Crippen molar-refractivity contribution < 1.29 is 9.53 Å². The summed E-state index contributed by atoms with van der Waals surface area (Å²) in [5.74, 6) is 0.280. The van der Waals surface area contributed by atoms with Crippen molar-refractivity contribution in [2.24, 2.45) is 0 Å². The maximum Gasteiger partial charge on any atom is 0.351 e. The molecule has 1 aromatic heterocycles. The van der Waals surface area contributed by atoms with Crippen LogP contribution in [-0.2, 0) is 10.5 Å². The minimum atomic E-state index is -0.458. The van der Waals surface area contributed by atoms with Crippen LogP contribution in [0.3, 0.4) is 0 Å². The van der Waals surface area contributed by atoms with Crippen LogP contribution in [0, 0.1) is 0 Å². The first-order valence-electron chi connectivity index (χ1n) is 5.22. The molecule has 0 aliphatic heterocycles. The number of halogens is 2. The average Bonchev–Trinajstić information content (AvgIpc) is 2.78. The normalized spacial score (nSPS) is 10.5. The monoisotopic (exact) mass is 333 g/mol. The van der Waals surface area contributed by atoms with Crippen LogP contribution in [0.25, 0.3) is 0 Å². The van der Waals surface area contributed by atoms with Crippen LogP contribution in [0.4, 0.5) is 0 Å². The van der Waals surface area contributed by atoms with Gasteiger partial charge in [0, 0.05) is 10.8 Å². The van der Waals surface area contributed by atoms with Crippen molar-refractivity contribution in [3.63, 3.8) is 0 Å². The van der Waals surface area contributed by atoms with Crippen molar-refractivity contribution in [3.05, 3.63) is 44.9 Å². The Balaban J connectivity index is 2.04. The van der Waals surface area contributed by atoms with Crippen LogP contribution in [-0.4, -0.2) is 18.1 Å². The molecular formula is C12H9Cl2NO2S2. The number of carbonyl (C=O) groups is 1. The zero-order valence-corrected chi connectivity index (χ0v) is 13.0. The number of nitrogens with zero attached hydrogens (tertiary/aromatic N) is 1. The third-order valence-electron chi connectivity index (χ3n) is 2.21. The van der Waals surface area contributed by atoms with Crippen molar-refractivity contribution in [2.75, 3.05) is 7.11 Å². The van der Waals surface area contributed by atoms with Gasteiger partial charge >= 0.3 is 5.97 Å². The van der Waals surface area contributed by atoms with Gasteiger partial charge in [0.05, 0.1) is 7.11 Å². The Morgan fingerprint density at radius 3 is 2.68 bits per heavy atom. The SMILES string of the molecule is COC(=O)c1sc(SCc2ccc(Cl)cc2)nc1Cl. The highest BCUT2D eigenvalue weighted by molar-refractivity contribution is 8.00. The number of thiazole rings is 1. The summed E-state index contributed by atoms with van der Waals surface area (Å²) in [4.78, 5) is 15.9. The maximum atomic E-state index is 11.4. The molecule has 1 heterocycles. The molecule has 3 nitrogen and oxygen atoms in total. The lowest BCUT2D eigenvalue weighted by molar-refractivity contribution is 0.0606. The molecule has 0 aliphatic rings. The van der Waals surface area contributed by atoms with Crippen molar-refractivity contribution >= 4 is 52.3 Å². The lowest BCUT2D eigenvalue weighted by Gasteiger charge is -1.98. The van der Waals surface area contributed by atoms with Crippen LogP contribution in [0.5, 0.6) is 0 Å². The summed E-state index contributed by atoms with van der Waals surface area (Å²) in [6, 6.07) is 7.58. The third kappa shape index (κ3) is 3.86. The maximum absolute atomic E-state index is 11.4. The highest BCUT2D eigenvalue weighted by atomic mass is 35.5. The summed E-state index contributed by atoms with van der Waals surface area (Å²) in [5.41, 5.74) is 1.13. The van der Waals surface area contributed by atoms with Gasteiger partial charge in [-0.05, 0) is 17.7 Å². The molecule has 0 spiro atoms. The Morgan fingerprint density at radius 2 is 2.05 bits per heavy atom. The number of hydrogen-bond acceptors (Lipinski definition) is 5. The molecule has 0 saturated heterocycles. The molecule has 0 N–H and O–H groups in total. The van der Waals surface area contributed by atoms with Gasteiger partial charge < -0.3 is 4.74 Å². The minimum Gasteiger partial charge on any atom is -0.465 e. The summed E-state index contributed by atoms with van der Waals surface area (Å²) in [5, 5.41) is 0.898. The first-order chi connectivity index (χ1) is 9.10. The Bertz CT molecular complexity index is 584. The molecule has 19 heavy (non-hydrogen) atoms. The van der Waals surface area contributed by atoms with Gasteiger partial charge in [0.25, 0.3) is 0 Å². The van der Waals surface area contributed by atoms with Crippen LogP contribution < -0.4 is 0 Å². The molecule has 100 valence electrons. The molecule has 0 aliphatic carbocycles. The summed E-state index contributed by atoms with van der Waals surface area (Å²) in [7, 11) is 1.32. The number of carbonyl (C=O) groups excluding carboxylic acids is 1. The van der Waals surface area contributed by atoms with Crippen LogP contribution >= 0.6 is 46.3 Å². The summed E-state index contributed by atoms with van der Waals surface area (Å²) >= 11 is 14.5. The van der Waals surface area contributed by atoms with E-state index < -0.39 is 5.97 Å². The van der Waals surface area contributed by atoms with E-state index in [4.69, 9.17) is 23.2 Å². The fourth-order valence-electron chi connectivity index (χ4n) is 1.29. The molecule has 1 aromatic carbocycles. The average molecular weight is 334 g/mol. The predicted octanol–water partition coefficient (Wildman–Crippen LogP) is 4.53. The molecular weight excluding hydrogens is 325 g/mol. The number of benzene rings is 1. The molecule has 0 saturated carbocycles. The number of rotatable bonds is 4. The predicted molar refractivity (Wildman–Crippen MR) is 79.5 cm³/mol.